The van der Waals surface area contributed by atoms with Crippen LogP contribution in [0, 0.1) is 17.8 Å². The zero-order chi connectivity index (χ0) is 15.1. The molecule has 3 aliphatic rings. The van der Waals surface area contributed by atoms with Gasteiger partial charge in [-0.25, -0.2) is 0 Å². The van der Waals surface area contributed by atoms with Crippen molar-refractivity contribution in [1.29, 1.82) is 0 Å². The van der Waals surface area contributed by atoms with Gasteiger partial charge in [0.1, 0.15) is 0 Å². The highest BCUT2D eigenvalue weighted by Crippen LogP contribution is 2.40. The molecule has 110 valence electrons. The van der Waals surface area contributed by atoms with E-state index in [1.165, 1.54) is 16.0 Å². The Morgan fingerprint density at radius 2 is 1.82 bits per heavy atom. The Hall–Kier alpha value is -2.08. The van der Waals surface area contributed by atoms with Crippen molar-refractivity contribution >= 4 is 11.6 Å². The lowest BCUT2D eigenvalue weighted by atomic mass is 9.71. The predicted molar refractivity (Wildman–Crippen MR) is 94.4 cm³/mol. The average Bonchev–Trinajstić information content (AvgIpc) is 2.54. The summed E-state index contributed by atoms with van der Waals surface area (Å²) in [4.78, 5) is 0. The Bertz CT molecular complexity index is 842. The second-order valence-corrected chi connectivity index (χ2v) is 6.68. The van der Waals surface area contributed by atoms with Crippen LogP contribution in [0.4, 0.5) is 0 Å². The first-order chi connectivity index (χ1) is 10.8. The van der Waals surface area contributed by atoms with Crippen molar-refractivity contribution in [3.05, 3.63) is 82.3 Å². The average molecular weight is 286 g/mol. The second kappa shape index (κ2) is 5.28. The Labute approximate surface area is 132 Å². The molecule has 3 atom stereocenters. The van der Waals surface area contributed by atoms with Crippen LogP contribution in [0.1, 0.15) is 20.3 Å². The molecule has 0 radical (unpaired) electrons. The molecule has 0 aliphatic heterocycles. The molecule has 1 aromatic rings. The highest BCUT2D eigenvalue weighted by atomic mass is 14.3. The van der Waals surface area contributed by atoms with Crippen LogP contribution < -0.4 is 10.4 Å². The van der Waals surface area contributed by atoms with Gasteiger partial charge in [-0.1, -0.05) is 73.7 Å². The standard InChI is InChI=1S/C22H22/c1-15-8-7-9-16(2)21(15)22-19-12-5-3-10-17(19)14-18-11-4-6-13-20(18)22/h3-8,10-14,16-17,19H,9H2,1-2H3. The van der Waals surface area contributed by atoms with Gasteiger partial charge in [0.05, 0.1) is 0 Å². The van der Waals surface area contributed by atoms with Gasteiger partial charge in [-0.2, -0.15) is 0 Å². The second-order valence-electron chi connectivity index (χ2n) is 6.68. The van der Waals surface area contributed by atoms with Crippen LogP contribution in [0.5, 0.6) is 0 Å². The van der Waals surface area contributed by atoms with E-state index in [0.29, 0.717) is 17.8 Å². The third-order valence-corrected chi connectivity index (χ3v) is 5.20. The molecule has 1 aromatic carbocycles. The van der Waals surface area contributed by atoms with Gasteiger partial charge in [-0.15, -0.1) is 0 Å². The molecule has 0 nitrogen and oxygen atoms in total. The lowest BCUT2D eigenvalue weighted by Crippen LogP contribution is -2.37. The molecular weight excluding hydrogens is 264 g/mol. The first-order valence-electron chi connectivity index (χ1n) is 8.29. The summed E-state index contributed by atoms with van der Waals surface area (Å²) >= 11 is 0. The van der Waals surface area contributed by atoms with Gasteiger partial charge >= 0.3 is 0 Å². The van der Waals surface area contributed by atoms with Gasteiger partial charge in [0.15, 0.2) is 0 Å². The molecule has 0 saturated heterocycles. The molecule has 4 rings (SSSR count). The van der Waals surface area contributed by atoms with E-state index in [-0.39, 0.29) is 0 Å². The number of fused-ring (bicyclic) bond motifs is 2. The zero-order valence-electron chi connectivity index (χ0n) is 13.3. The molecule has 0 N–H and O–H groups in total. The summed E-state index contributed by atoms with van der Waals surface area (Å²) in [6.07, 6.45) is 17.3. The fraction of sp³-hybridized carbons (Fsp3) is 0.273. The topological polar surface area (TPSA) is 0 Å². The Morgan fingerprint density at radius 3 is 2.68 bits per heavy atom. The van der Waals surface area contributed by atoms with Gasteiger partial charge in [-0.3, -0.25) is 0 Å². The summed E-state index contributed by atoms with van der Waals surface area (Å²) in [5.74, 6) is 1.58. The van der Waals surface area contributed by atoms with E-state index in [0.717, 1.165) is 6.42 Å². The number of benzene rings is 1. The highest BCUT2D eigenvalue weighted by molar-refractivity contribution is 5.75. The van der Waals surface area contributed by atoms with Crippen LogP contribution in [0.25, 0.3) is 11.6 Å². The Morgan fingerprint density at radius 1 is 1.00 bits per heavy atom. The van der Waals surface area contributed by atoms with Crippen molar-refractivity contribution < 1.29 is 0 Å². The van der Waals surface area contributed by atoms with E-state index in [1.807, 2.05) is 0 Å². The van der Waals surface area contributed by atoms with E-state index < -0.39 is 0 Å². The van der Waals surface area contributed by atoms with Gasteiger partial charge in [-0.05, 0) is 46.4 Å². The first kappa shape index (κ1) is 13.6. The monoisotopic (exact) mass is 286 g/mol. The molecular formula is C22H22. The predicted octanol–water partition coefficient (Wildman–Crippen LogP) is 3.90. The minimum absolute atomic E-state index is 0.485. The highest BCUT2D eigenvalue weighted by Gasteiger charge is 2.29. The first-order valence-corrected chi connectivity index (χ1v) is 8.29. The van der Waals surface area contributed by atoms with Crippen molar-refractivity contribution in [2.24, 2.45) is 17.8 Å². The SMILES string of the molecule is CC1=C(C2=c3ccccc3=CC3C=CC=CC23)C(C)CC=C1. The largest absolute Gasteiger partial charge is 0.0837 e. The normalized spacial score (nSPS) is 29.2. The van der Waals surface area contributed by atoms with E-state index >= 15 is 0 Å². The van der Waals surface area contributed by atoms with Crippen LogP contribution in [0.3, 0.4) is 0 Å². The van der Waals surface area contributed by atoms with Gasteiger partial charge in [0.25, 0.3) is 0 Å². The molecule has 0 spiro atoms. The van der Waals surface area contributed by atoms with Crippen LogP contribution in [0.2, 0.25) is 0 Å². The van der Waals surface area contributed by atoms with Gasteiger partial charge in [0, 0.05) is 11.8 Å². The molecule has 0 amide bonds. The van der Waals surface area contributed by atoms with Crippen molar-refractivity contribution in [1.82, 2.24) is 0 Å². The summed E-state index contributed by atoms with van der Waals surface area (Å²) in [5.41, 5.74) is 4.56. The van der Waals surface area contributed by atoms with Crippen LogP contribution in [-0.4, -0.2) is 0 Å². The molecule has 3 aliphatic carbocycles. The lowest BCUT2D eigenvalue weighted by Gasteiger charge is -2.33. The summed E-state index contributed by atoms with van der Waals surface area (Å²) in [6.45, 7) is 4.64. The number of allylic oxidation sites excluding steroid dienone is 8. The molecule has 0 fully saturated rings. The maximum Gasteiger partial charge on any atom is 0.0128 e. The zero-order valence-corrected chi connectivity index (χ0v) is 13.3. The maximum atomic E-state index is 2.43. The Kier molecular flexibility index (Phi) is 3.26. The quantitative estimate of drug-likeness (QED) is 0.734. The lowest BCUT2D eigenvalue weighted by molar-refractivity contribution is 0.648. The molecule has 0 aromatic heterocycles. The maximum absolute atomic E-state index is 2.43. The van der Waals surface area contributed by atoms with E-state index in [4.69, 9.17) is 0 Å². The fourth-order valence-electron chi connectivity index (χ4n) is 4.19. The number of hydrogen-bond donors (Lipinski definition) is 0. The molecule has 0 saturated carbocycles. The van der Waals surface area contributed by atoms with Gasteiger partial charge in [0.2, 0.25) is 0 Å². The summed E-state index contributed by atoms with van der Waals surface area (Å²) < 4.78 is 0. The van der Waals surface area contributed by atoms with Crippen LogP contribution in [0.15, 0.2) is 71.9 Å². The minimum atomic E-state index is 0.485. The van der Waals surface area contributed by atoms with E-state index in [9.17, 15) is 0 Å². The Balaban J connectivity index is 2.07. The summed E-state index contributed by atoms with van der Waals surface area (Å²) in [5, 5.41) is 2.82. The third-order valence-electron chi connectivity index (χ3n) is 5.20. The third kappa shape index (κ3) is 2.06. The molecule has 0 heteroatoms. The van der Waals surface area contributed by atoms with Crippen molar-refractivity contribution in [3.63, 3.8) is 0 Å². The van der Waals surface area contributed by atoms with Crippen LogP contribution in [-0.2, 0) is 0 Å². The van der Waals surface area contributed by atoms with E-state index in [1.54, 1.807) is 11.1 Å². The minimum Gasteiger partial charge on any atom is -0.0837 e. The van der Waals surface area contributed by atoms with Gasteiger partial charge < -0.3 is 0 Å². The summed E-state index contributed by atoms with van der Waals surface area (Å²) in [6, 6.07) is 8.89. The van der Waals surface area contributed by atoms with Crippen molar-refractivity contribution in [3.8, 4) is 0 Å². The van der Waals surface area contributed by atoms with Crippen molar-refractivity contribution in [2.45, 2.75) is 20.3 Å². The molecule has 0 heterocycles. The fourth-order valence-corrected chi connectivity index (χ4v) is 4.19. The molecule has 0 bridgehead atoms. The number of rotatable bonds is 1. The molecule has 3 unspecified atom stereocenters. The molecule has 22 heavy (non-hydrogen) atoms. The van der Waals surface area contributed by atoms with Crippen molar-refractivity contribution in [2.75, 3.05) is 0 Å². The summed E-state index contributed by atoms with van der Waals surface area (Å²) in [7, 11) is 0. The van der Waals surface area contributed by atoms with Crippen LogP contribution >= 0.6 is 0 Å². The van der Waals surface area contributed by atoms with E-state index in [2.05, 4.69) is 80.6 Å². The smallest absolute Gasteiger partial charge is 0.0128 e. The number of hydrogen-bond acceptors (Lipinski definition) is 0.